The monoisotopic (exact) mass is 962 g/mol. The molecule has 0 radical (unpaired) electrons. The van der Waals surface area contributed by atoms with Crippen LogP contribution in [0, 0.1) is 0 Å². The minimum atomic E-state index is -0.233. The predicted molar refractivity (Wildman–Crippen MR) is 314 cm³/mol. The standard InChI is InChI=1S/C68H75N5/c1-64(2,3)49-34-46(35-50(37-49)65(4,5)6)45-28-31-59-58(36-45)57-30-29-54(43-62(57)73(59)63-41-48(32-33-69-63)68(13,14)47-22-17-16-18-23-47)70(15)53-24-21-25-55(42-53)71-44-72(61-27-20-19-26-60(61)71)56-39-51(66(7,8)9)38-52(40-56)67(10,11)12/h16-43H,44H2,1-15H3. The van der Waals surface area contributed by atoms with E-state index >= 15 is 0 Å². The first kappa shape index (κ1) is 49.5. The molecule has 10 rings (SSSR count). The van der Waals surface area contributed by atoms with Gasteiger partial charge in [0.1, 0.15) is 12.5 Å². The zero-order valence-corrected chi connectivity index (χ0v) is 46.1. The van der Waals surface area contributed by atoms with Crippen molar-refractivity contribution < 1.29 is 0 Å². The molecule has 9 aromatic rings. The topological polar surface area (TPSA) is 27.5 Å². The van der Waals surface area contributed by atoms with E-state index in [1.807, 2.05) is 6.20 Å². The minimum absolute atomic E-state index is 0.0106. The second kappa shape index (κ2) is 17.8. The number of nitrogens with zero attached hydrogens (tertiary/aromatic N) is 5. The van der Waals surface area contributed by atoms with E-state index in [4.69, 9.17) is 4.98 Å². The maximum atomic E-state index is 5.16. The lowest BCUT2D eigenvalue weighted by molar-refractivity contribution is 0.568. The number of aromatic nitrogens is 2. The lowest BCUT2D eigenvalue weighted by Crippen LogP contribution is -2.25. The molecular formula is C68H75N5. The summed E-state index contributed by atoms with van der Waals surface area (Å²) in [5, 5.41) is 2.40. The van der Waals surface area contributed by atoms with Gasteiger partial charge >= 0.3 is 0 Å². The van der Waals surface area contributed by atoms with E-state index in [1.165, 1.54) is 72.3 Å². The van der Waals surface area contributed by atoms with Gasteiger partial charge in [0, 0.05) is 52.2 Å². The second-order valence-corrected chi connectivity index (χ2v) is 25.3. The highest BCUT2D eigenvalue weighted by Crippen LogP contribution is 2.47. The highest BCUT2D eigenvalue weighted by Gasteiger charge is 2.31. The van der Waals surface area contributed by atoms with Gasteiger partial charge in [0.2, 0.25) is 0 Å². The number of para-hydroxylation sites is 2. The van der Waals surface area contributed by atoms with Crippen molar-refractivity contribution >= 4 is 55.9 Å². The van der Waals surface area contributed by atoms with E-state index in [1.54, 1.807) is 0 Å². The van der Waals surface area contributed by atoms with Crippen LogP contribution in [-0.4, -0.2) is 23.3 Å². The van der Waals surface area contributed by atoms with Crippen molar-refractivity contribution in [1.82, 2.24) is 9.55 Å². The molecule has 7 aromatic carbocycles. The molecule has 1 aliphatic rings. The van der Waals surface area contributed by atoms with Gasteiger partial charge in [0.15, 0.2) is 0 Å². The van der Waals surface area contributed by atoms with Gasteiger partial charge in [-0.15, -0.1) is 0 Å². The van der Waals surface area contributed by atoms with Crippen LogP contribution in [0.4, 0.5) is 34.1 Å². The van der Waals surface area contributed by atoms with Crippen LogP contribution < -0.4 is 14.7 Å². The third-order valence-corrected chi connectivity index (χ3v) is 15.6. The first-order valence-corrected chi connectivity index (χ1v) is 26.3. The Morgan fingerprint density at radius 3 is 1.56 bits per heavy atom. The molecule has 73 heavy (non-hydrogen) atoms. The van der Waals surface area contributed by atoms with Gasteiger partial charge in [0.05, 0.1) is 22.4 Å². The fourth-order valence-electron chi connectivity index (χ4n) is 10.6. The summed E-state index contributed by atoms with van der Waals surface area (Å²) in [5.74, 6) is 0.903. The Labute approximate surface area is 436 Å². The molecule has 0 aliphatic carbocycles. The molecule has 0 amide bonds. The van der Waals surface area contributed by atoms with Gasteiger partial charge in [-0.3, -0.25) is 4.57 Å². The highest BCUT2D eigenvalue weighted by molar-refractivity contribution is 6.11. The van der Waals surface area contributed by atoms with Crippen LogP contribution in [0.15, 0.2) is 170 Å². The Kier molecular flexibility index (Phi) is 12.1. The fourth-order valence-corrected chi connectivity index (χ4v) is 10.6. The lowest BCUT2D eigenvalue weighted by Gasteiger charge is -2.29. The van der Waals surface area contributed by atoms with Crippen molar-refractivity contribution in [3.63, 3.8) is 0 Å². The van der Waals surface area contributed by atoms with Crippen molar-refractivity contribution in [2.24, 2.45) is 0 Å². The van der Waals surface area contributed by atoms with Gasteiger partial charge in [-0.25, -0.2) is 4.98 Å². The maximum Gasteiger partial charge on any atom is 0.137 e. The lowest BCUT2D eigenvalue weighted by atomic mass is 9.78. The molecule has 0 spiro atoms. The summed E-state index contributed by atoms with van der Waals surface area (Å²) in [4.78, 5) is 12.4. The average Bonchev–Trinajstić information content (AvgIpc) is 3.91. The molecule has 0 fully saturated rings. The molecular weight excluding hydrogens is 887 g/mol. The molecule has 0 atom stereocenters. The zero-order valence-electron chi connectivity index (χ0n) is 46.1. The Morgan fingerprint density at radius 1 is 0.397 bits per heavy atom. The minimum Gasteiger partial charge on any atom is -0.344 e. The molecule has 0 N–H and O–H groups in total. The molecule has 0 saturated heterocycles. The summed E-state index contributed by atoms with van der Waals surface area (Å²) in [5.41, 5.74) is 19.4. The number of anilines is 6. The van der Waals surface area contributed by atoms with Crippen molar-refractivity contribution in [2.45, 2.75) is 124 Å². The second-order valence-electron chi connectivity index (χ2n) is 25.3. The van der Waals surface area contributed by atoms with E-state index < -0.39 is 0 Å². The highest BCUT2D eigenvalue weighted by atomic mass is 15.4. The first-order chi connectivity index (χ1) is 34.4. The summed E-state index contributed by atoms with van der Waals surface area (Å²) in [6.45, 7) is 33.1. The van der Waals surface area contributed by atoms with Gasteiger partial charge in [0.25, 0.3) is 0 Å². The zero-order chi connectivity index (χ0) is 52.0. The molecule has 0 bridgehead atoms. The van der Waals surface area contributed by atoms with Crippen LogP contribution in [0.5, 0.6) is 0 Å². The summed E-state index contributed by atoms with van der Waals surface area (Å²) in [6, 6.07) is 61.6. The number of pyridine rings is 1. The van der Waals surface area contributed by atoms with Gasteiger partial charge in [-0.2, -0.15) is 0 Å². The fraction of sp³-hybridized carbons (Fsp3) is 0.309. The third-order valence-electron chi connectivity index (χ3n) is 15.6. The molecule has 0 saturated carbocycles. The first-order valence-electron chi connectivity index (χ1n) is 26.3. The van der Waals surface area contributed by atoms with E-state index in [2.05, 4.69) is 287 Å². The van der Waals surface area contributed by atoms with Crippen molar-refractivity contribution in [2.75, 3.05) is 28.4 Å². The van der Waals surface area contributed by atoms with Crippen molar-refractivity contribution in [3.05, 3.63) is 203 Å². The number of fused-ring (bicyclic) bond motifs is 4. The molecule has 0 unspecified atom stereocenters. The van der Waals surface area contributed by atoms with Crippen molar-refractivity contribution in [3.8, 4) is 16.9 Å². The molecule has 5 heteroatoms. The third kappa shape index (κ3) is 9.33. The van der Waals surface area contributed by atoms with E-state index in [9.17, 15) is 0 Å². The Bertz CT molecular complexity index is 3460. The Hall–Kier alpha value is -7.11. The molecule has 372 valence electrons. The summed E-state index contributed by atoms with van der Waals surface area (Å²) < 4.78 is 2.38. The molecule has 5 nitrogen and oxygen atoms in total. The average molecular weight is 962 g/mol. The number of hydrogen-bond donors (Lipinski definition) is 0. The smallest absolute Gasteiger partial charge is 0.137 e. The number of benzene rings is 7. The van der Waals surface area contributed by atoms with Gasteiger partial charge in [-0.1, -0.05) is 182 Å². The largest absolute Gasteiger partial charge is 0.344 e. The molecule has 1 aliphatic heterocycles. The Balaban J connectivity index is 1.08. The summed E-state index contributed by atoms with van der Waals surface area (Å²) in [6.07, 6.45) is 1.98. The van der Waals surface area contributed by atoms with E-state index in [0.717, 1.165) is 33.9 Å². The van der Waals surface area contributed by atoms with Crippen LogP contribution in [0.1, 0.15) is 130 Å². The van der Waals surface area contributed by atoms with Crippen molar-refractivity contribution in [1.29, 1.82) is 0 Å². The summed E-state index contributed by atoms with van der Waals surface area (Å²) >= 11 is 0. The van der Waals surface area contributed by atoms with Crippen LogP contribution >= 0.6 is 0 Å². The molecule has 2 aromatic heterocycles. The van der Waals surface area contributed by atoms with Crippen LogP contribution in [0.25, 0.3) is 38.8 Å². The van der Waals surface area contributed by atoms with Gasteiger partial charge in [-0.05, 0) is 145 Å². The van der Waals surface area contributed by atoms with E-state index in [0.29, 0.717) is 6.67 Å². The predicted octanol–water partition coefficient (Wildman–Crippen LogP) is 18.4. The van der Waals surface area contributed by atoms with Crippen LogP contribution in [-0.2, 0) is 27.1 Å². The number of hydrogen-bond acceptors (Lipinski definition) is 4. The SMILES string of the molecule is CN(c1cccc(N2CN(c3cc(C(C)(C)C)cc(C(C)(C)C)c3)c3ccccc32)c1)c1ccc2c3cc(-c4cc(C(C)(C)C)cc(C(C)(C)C)c4)ccc3n(-c3cc(C(C)(C)c4ccccc4)ccn3)c2c1. The quantitative estimate of drug-likeness (QED) is 0.152. The maximum absolute atomic E-state index is 5.16. The van der Waals surface area contributed by atoms with Gasteiger partial charge < -0.3 is 14.7 Å². The van der Waals surface area contributed by atoms with E-state index in [-0.39, 0.29) is 27.1 Å². The normalized spacial score (nSPS) is 13.6. The van der Waals surface area contributed by atoms with Crippen LogP contribution in [0.2, 0.25) is 0 Å². The molecule has 3 heterocycles. The Morgan fingerprint density at radius 2 is 0.959 bits per heavy atom. The number of rotatable bonds is 8. The van der Waals surface area contributed by atoms with Crippen LogP contribution in [0.3, 0.4) is 0 Å². The summed E-state index contributed by atoms with van der Waals surface area (Å²) in [7, 11) is 2.19.